The van der Waals surface area contributed by atoms with E-state index in [0.29, 0.717) is 5.69 Å². The first kappa shape index (κ1) is 7.03. The lowest BCUT2D eigenvalue weighted by Gasteiger charge is -1.94. The predicted octanol–water partition coefficient (Wildman–Crippen LogP) is 1.46. The normalized spacial score (nSPS) is 10.4. The predicted molar refractivity (Wildman–Crippen MR) is 45.3 cm³/mol. The maximum absolute atomic E-state index is 10.4. The van der Waals surface area contributed by atoms with Crippen LogP contribution in [0.15, 0.2) is 24.4 Å². The number of aryl methyl sites for hydroxylation is 1. The summed E-state index contributed by atoms with van der Waals surface area (Å²) in [6, 6.07) is 5.68. The lowest BCUT2D eigenvalue weighted by atomic mass is 10.2. The highest BCUT2D eigenvalue weighted by molar-refractivity contribution is 5.75. The van der Waals surface area contributed by atoms with Crippen LogP contribution in [-0.4, -0.2) is 15.9 Å². The number of fused-ring (bicyclic) bond motifs is 1. The summed E-state index contributed by atoms with van der Waals surface area (Å²) < 4.78 is 1.71. The van der Waals surface area contributed by atoms with Crippen molar-refractivity contribution in [3.05, 3.63) is 35.7 Å². The van der Waals surface area contributed by atoms with Crippen LogP contribution >= 0.6 is 0 Å². The Kier molecular flexibility index (Phi) is 1.43. The topological polar surface area (TPSA) is 34.4 Å². The molecule has 60 valence electrons. The molecule has 0 amide bonds. The number of carbonyl (C=O) groups excluding carboxylic acids is 1. The van der Waals surface area contributed by atoms with E-state index >= 15 is 0 Å². The molecule has 0 N–H and O–H groups in total. The van der Waals surface area contributed by atoms with Crippen LogP contribution in [0.3, 0.4) is 0 Å². The Morgan fingerprint density at radius 2 is 2.42 bits per heavy atom. The number of rotatable bonds is 1. The average Bonchev–Trinajstić information content (AvgIpc) is 2.49. The Balaban J connectivity index is 2.82. The van der Waals surface area contributed by atoms with E-state index in [4.69, 9.17) is 0 Å². The quantitative estimate of drug-likeness (QED) is 0.592. The van der Waals surface area contributed by atoms with Crippen molar-refractivity contribution in [3.63, 3.8) is 0 Å². The smallest absolute Gasteiger partial charge is 0.170 e. The maximum atomic E-state index is 10.4. The molecule has 0 saturated carbocycles. The summed E-state index contributed by atoms with van der Waals surface area (Å²) in [4.78, 5) is 10.4. The van der Waals surface area contributed by atoms with Crippen LogP contribution in [0.1, 0.15) is 16.1 Å². The number of carbonyl (C=O) groups is 1. The molecule has 2 aromatic rings. The minimum absolute atomic E-state index is 0.476. The van der Waals surface area contributed by atoms with Crippen molar-refractivity contribution in [2.24, 2.45) is 0 Å². The summed E-state index contributed by atoms with van der Waals surface area (Å²) in [6.07, 6.45) is 2.59. The number of aldehydes is 1. The zero-order valence-corrected chi connectivity index (χ0v) is 6.69. The molecule has 0 atom stereocenters. The Labute approximate surface area is 69.6 Å². The van der Waals surface area contributed by atoms with Gasteiger partial charge < -0.3 is 0 Å². The van der Waals surface area contributed by atoms with Gasteiger partial charge in [0.15, 0.2) is 6.29 Å². The molecule has 2 rings (SSSR count). The van der Waals surface area contributed by atoms with Gasteiger partial charge in [0.1, 0.15) is 5.69 Å². The first-order valence-corrected chi connectivity index (χ1v) is 3.71. The zero-order valence-electron chi connectivity index (χ0n) is 6.69. The van der Waals surface area contributed by atoms with Crippen LogP contribution in [-0.2, 0) is 0 Å². The molecule has 0 spiro atoms. The van der Waals surface area contributed by atoms with Crippen LogP contribution in [0.4, 0.5) is 0 Å². The minimum atomic E-state index is 0.476. The summed E-state index contributed by atoms with van der Waals surface area (Å²) in [6.45, 7) is 1.99. The maximum Gasteiger partial charge on any atom is 0.170 e. The van der Waals surface area contributed by atoms with Crippen LogP contribution in [0, 0.1) is 6.92 Å². The summed E-state index contributed by atoms with van der Waals surface area (Å²) in [5.41, 5.74) is 2.59. The molecule has 0 radical (unpaired) electrons. The molecule has 0 fully saturated rings. The molecule has 0 aliphatic heterocycles. The van der Waals surface area contributed by atoms with Crippen molar-refractivity contribution in [1.82, 2.24) is 9.61 Å². The second-order valence-corrected chi connectivity index (χ2v) is 2.71. The Morgan fingerprint density at radius 1 is 1.58 bits per heavy atom. The largest absolute Gasteiger partial charge is 0.296 e. The molecule has 2 heterocycles. The van der Waals surface area contributed by atoms with E-state index in [0.717, 1.165) is 17.4 Å². The van der Waals surface area contributed by atoms with Gasteiger partial charge in [0, 0.05) is 6.20 Å². The monoisotopic (exact) mass is 160 g/mol. The van der Waals surface area contributed by atoms with Crippen molar-refractivity contribution in [2.75, 3.05) is 0 Å². The molecule has 12 heavy (non-hydrogen) atoms. The van der Waals surface area contributed by atoms with E-state index in [-0.39, 0.29) is 0 Å². The summed E-state index contributed by atoms with van der Waals surface area (Å²) in [7, 11) is 0. The summed E-state index contributed by atoms with van der Waals surface area (Å²) >= 11 is 0. The van der Waals surface area contributed by atoms with Crippen LogP contribution in [0.2, 0.25) is 0 Å². The summed E-state index contributed by atoms with van der Waals surface area (Å²) in [5, 5.41) is 4.04. The Hall–Kier alpha value is -1.64. The number of hydrogen-bond acceptors (Lipinski definition) is 2. The molecule has 0 aromatic carbocycles. The average molecular weight is 160 g/mol. The fourth-order valence-corrected chi connectivity index (χ4v) is 1.23. The SMILES string of the molecule is Cc1cccn2nc(C=O)cc12. The second kappa shape index (κ2) is 2.44. The molecule has 3 heteroatoms. The minimum Gasteiger partial charge on any atom is -0.296 e. The van der Waals surface area contributed by atoms with Gasteiger partial charge in [-0.2, -0.15) is 5.10 Å². The Bertz CT molecular complexity index is 431. The van der Waals surface area contributed by atoms with E-state index in [2.05, 4.69) is 5.10 Å². The van der Waals surface area contributed by atoms with Gasteiger partial charge in [-0.1, -0.05) is 6.07 Å². The third-order valence-corrected chi connectivity index (χ3v) is 1.85. The molecule has 0 aliphatic rings. The fourth-order valence-electron chi connectivity index (χ4n) is 1.23. The van der Waals surface area contributed by atoms with Crippen molar-refractivity contribution < 1.29 is 4.79 Å². The highest BCUT2D eigenvalue weighted by Gasteiger charge is 2.00. The van der Waals surface area contributed by atoms with Gasteiger partial charge in [-0.25, -0.2) is 4.52 Å². The number of pyridine rings is 1. The molecule has 3 nitrogen and oxygen atoms in total. The van der Waals surface area contributed by atoms with E-state index in [1.807, 2.05) is 25.3 Å². The molecule has 0 unspecified atom stereocenters. The standard InChI is InChI=1S/C9H8N2O/c1-7-3-2-4-11-9(7)5-8(6-12)10-11/h2-6H,1H3. The van der Waals surface area contributed by atoms with Gasteiger partial charge in [-0.3, -0.25) is 4.79 Å². The van der Waals surface area contributed by atoms with Gasteiger partial charge >= 0.3 is 0 Å². The third kappa shape index (κ3) is 0.906. The van der Waals surface area contributed by atoms with Crippen LogP contribution in [0.5, 0.6) is 0 Å². The highest BCUT2D eigenvalue weighted by Crippen LogP contribution is 2.09. The lowest BCUT2D eigenvalue weighted by Crippen LogP contribution is -1.87. The van der Waals surface area contributed by atoms with Gasteiger partial charge in [0.2, 0.25) is 0 Å². The molecular formula is C9H8N2O. The molecule has 0 aliphatic carbocycles. The molecule has 0 bridgehead atoms. The van der Waals surface area contributed by atoms with Gasteiger partial charge in [0.05, 0.1) is 5.52 Å². The summed E-state index contributed by atoms with van der Waals surface area (Å²) in [5.74, 6) is 0. The lowest BCUT2D eigenvalue weighted by molar-refractivity contribution is 0.111. The van der Waals surface area contributed by atoms with E-state index in [1.165, 1.54) is 0 Å². The van der Waals surface area contributed by atoms with E-state index in [1.54, 1.807) is 10.6 Å². The number of hydrogen-bond donors (Lipinski definition) is 0. The number of aromatic nitrogens is 2. The second-order valence-electron chi connectivity index (χ2n) is 2.71. The van der Waals surface area contributed by atoms with Crippen molar-refractivity contribution in [3.8, 4) is 0 Å². The Morgan fingerprint density at radius 3 is 3.08 bits per heavy atom. The van der Waals surface area contributed by atoms with Gasteiger partial charge in [0.25, 0.3) is 0 Å². The van der Waals surface area contributed by atoms with E-state index < -0.39 is 0 Å². The number of nitrogens with zero attached hydrogens (tertiary/aromatic N) is 2. The van der Waals surface area contributed by atoms with Crippen LogP contribution < -0.4 is 0 Å². The third-order valence-electron chi connectivity index (χ3n) is 1.85. The van der Waals surface area contributed by atoms with E-state index in [9.17, 15) is 4.79 Å². The zero-order chi connectivity index (χ0) is 8.55. The van der Waals surface area contributed by atoms with Crippen molar-refractivity contribution >= 4 is 11.8 Å². The van der Waals surface area contributed by atoms with Gasteiger partial charge in [-0.05, 0) is 24.6 Å². The first-order chi connectivity index (χ1) is 5.81. The highest BCUT2D eigenvalue weighted by atomic mass is 16.1. The first-order valence-electron chi connectivity index (χ1n) is 3.71. The van der Waals surface area contributed by atoms with Crippen LogP contribution in [0.25, 0.3) is 5.52 Å². The fraction of sp³-hybridized carbons (Fsp3) is 0.111. The molecule has 0 saturated heterocycles. The van der Waals surface area contributed by atoms with Gasteiger partial charge in [-0.15, -0.1) is 0 Å². The van der Waals surface area contributed by atoms with Crippen molar-refractivity contribution in [1.29, 1.82) is 0 Å². The molecule has 2 aromatic heterocycles. The molecular weight excluding hydrogens is 152 g/mol. The van der Waals surface area contributed by atoms with Crippen molar-refractivity contribution in [2.45, 2.75) is 6.92 Å².